The summed E-state index contributed by atoms with van der Waals surface area (Å²) in [5, 5.41) is 20.2. The molecule has 44 heavy (non-hydrogen) atoms. The number of hydrogen-bond acceptors (Lipinski definition) is 7. The molecule has 3 aliphatic rings. The molecule has 1 atom stereocenters. The topological polar surface area (TPSA) is 160 Å². The summed E-state index contributed by atoms with van der Waals surface area (Å²) in [7, 11) is 6.97. The maximum absolute atomic E-state index is 12.4. The fourth-order valence-electron chi connectivity index (χ4n) is 4.44. The number of carbonyl (C=O) groups is 3. The van der Waals surface area contributed by atoms with Crippen LogP contribution in [0.25, 0.3) is 0 Å². The van der Waals surface area contributed by atoms with Gasteiger partial charge < -0.3 is 37.2 Å². The summed E-state index contributed by atoms with van der Waals surface area (Å²) >= 11 is 0. The molecule has 12 heteroatoms. The van der Waals surface area contributed by atoms with Crippen LogP contribution in [0.5, 0.6) is 0 Å². The lowest BCUT2D eigenvalue weighted by molar-refractivity contribution is -0.117. The molecule has 7 N–H and O–H groups in total. The van der Waals surface area contributed by atoms with E-state index in [1.165, 1.54) is 0 Å². The summed E-state index contributed by atoms with van der Waals surface area (Å²) in [5.41, 5.74) is 4.81. The van der Waals surface area contributed by atoms with E-state index in [4.69, 9.17) is 0 Å². The highest BCUT2D eigenvalue weighted by molar-refractivity contribution is 6.00. The Kier molecular flexibility index (Phi) is 13.2. The number of anilines is 1. The van der Waals surface area contributed by atoms with Crippen molar-refractivity contribution in [2.24, 2.45) is 15.9 Å². The van der Waals surface area contributed by atoms with E-state index in [0.29, 0.717) is 30.6 Å². The smallest absolute Gasteiger partial charge is 0.319 e. The Hall–Kier alpha value is -5.39. The molecule has 1 heterocycles. The number of likely N-dealkylation sites (N-methyl/N-ethyl adjacent to an activating group) is 1. The van der Waals surface area contributed by atoms with Crippen molar-refractivity contribution >= 4 is 35.7 Å². The Labute approximate surface area is 258 Å². The van der Waals surface area contributed by atoms with E-state index in [1.54, 1.807) is 33.3 Å². The normalized spacial score (nSPS) is 17.3. The molecule has 0 bridgehead atoms. The molecular weight excluding hydrogens is 558 g/mol. The first kappa shape index (κ1) is 33.1. The van der Waals surface area contributed by atoms with Crippen molar-refractivity contribution in [3.63, 3.8) is 0 Å². The maximum Gasteiger partial charge on any atom is 0.319 e. The van der Waals surface area contributed by atoms with Crippen molar-refractivity contribution in [1.82, 2.24) is 31.9 Å². The molecule has 1 aromatic carbocycles. The molecule has 12 nitrogen and oxygen atoms in total. The summed E-state index contributed by atoms with van der Waals surface area (Å²) in [6.45, 7) is 2.09. The standard InChI is InChI=1S/C22H30N6O2.C10H11N3O/c1-23-19-12-17(21(29)26-4)10-11-18(13-19)28-22(30)27-14-15-6-5-7-16(9-8-15)20(24-2)25-3;14-7-13-9-3-1-2-8(6-9)10-11-4-5-12-10/h5-11,13,16,23H,12,14H2,1-4H3,(H,24,25)(H,26,29)(H2,27,28,30);1-3,6-7H,4-5H2,(H,11,12)(H,13,14). The van der Waals surface area contributed by atoms with E-state index in [0.717, 1.165) is 47.3 Å². The Morgan fingerprint density at radius 1 is 1.11 bits per heavy atom. The minimum absolute atomic E-state index is 0.0742. The Balaban J connectivity index is 0.000000312. The predicted octanol–water partition coefficient (Wildman–Crippen LogP) is 1.87. The number of amides is 4. The van der Waals surface area contributed by atoms with Crippen LogP contribution in [0.1, 0.15) is 12.0 Å². The number of urea groups is 1. The molecule has 232 valence electrons. The maximum atomic E-state index is 12.4. The van der Waals surface area contributed by atoms with Gasteiger partial charge >= 0.3 is 6.03 Å². The van der Waals surface area contributed by atoms with E-state index < -0.39 is 0 Å². The van der Waals surface area contributed by atoms with Crippen LogP contribution in [0.15, 0.2) is 105 Å². The lowest BCUT2D eigenvalue weighted by Crippen LogP contribution is -2.35. The van der Waals surface area contributed by atoms with Gasteiger partial charge in [-0.15, -0.1) is 0 Å². The first-order valence-electron chi connectivity index (χ1n) is 14.3. The van der Waals surface area contributed by atoms with Gasteiger partial charge in [0.1, 0.15) is 11.7 Å². The minimum atomic E-state index is -0.324. The van der Waals surface area contributed by atoms with Crippen molar-refractivity contribution in [1.29, 1.82) is 0 Å². The fraction of sp³-hybridized carbons (Fsp3) is 0.281. The van der Waals surface area contributed by atoms with Crippen molar-refractivity contribution in [3.05, 3.63) is 101 Å². The number of nitrogens with zero attached hydrogens (tertiary/aromatic N) is 2. The molecule has 0 aromatic heterocycles. The van der Waals surface area contributed by atoms with E-state index >= 15 is 0 Å². The zero-order valence-electron chi connectivity index (χ0n) is 25.5. The fourth-order valence-corrected chi connectivity index (χ4v) is 4.44. The molecule has 4 amide bonds. The molecule has 1 aromatic rings. The number of hydrogen-bond donors (Lipinski definition) is 7. The van der Waals surface area contributed by atoms with Gasteiger partial charge in [-0.3, -0.25) is 19.6 Å². The highest BCUT2D eigenvalue weighted by Gasteiger charge is 2.14. The van der Waals surface area contributed by atoms with Gasteiger partial charge in [0, 0.05) is 75.9 Å². The largest absolute Gasteiger partial charge is 0.391 e. The minimum Gasteiger partial charge on any atom is -0.391 e. The lowest BCUT2D eigenvalue weighted by Gasteiger charge is -2.11. The summed E-state index contributed by atoms with van der Waals surface area (Å²) in [4.78, 5) is 43.1. The number of amidine groups is 2. The van der Waals surface area contributed by atoms with Crippen molar-refractivity contribution in [2.45, 2.75) is 6.42 Å². The molecule has 2 aliphatic carbocycles. The predicted molar refractivity (Wildman–Crippen MR) is 176 cm³/mol. The van der Waals surface area contributed by atoms with Gasteiger partial charge in [0.2, 0.25) is 12.3 Å². The van der Waals surface area contributed by atoms with Crippen molar-refractivity contribution in [2.75, 3.05) is 53.1 Å². The number of benzene rings is 1. The van der Waals surface area contributed by atoms with Gasteiger partial charge in [-0.25, -0.2) is 4.79 Å². The second kappa shape index (κ2) is 17.5. The first-order chi connectivity index (χ1) is 21.4. The second-order valence-electron chi connectivity index (χ2n) is 9.67. The van der Waals surface area contributed by atoms with Gasteiger partial charge in [-0.2, -0.15) is 0 Å². The second-order valence-corrected chi connectivity index (χ2v) is 9.67. The molecule has 0 spiro atoms. The number of aliphatic imine (C=N–C) groups is 2. The Morgan fingerprint density at radius 2 is 1.95 bits per heavy atom. The van der Waals surface area contributed by atoms with Crippen LogP contribution in [-0.2, 0) is 9.59 Å². The van der Waals surface area contributed by atoms with E-state index in [1.807, 2.05) is 67.8 Å². The van der Waals surface area contributed by atoms with Gasteiger partial charge in [0.25, 0.3) is 0 Å². The zero-order chi connectivity index (χ0) is 31.7. The van der Waals surface area contributed by atoms with Gasteiger partial charge in [0.05, 0.1) is 12.5 Å². The van der Waals surface area contributed by atoms with Gasteiger partial charge in [0.15, 0.2) is 0 Å². The highest BCUT2D eigenvalue weighted by atomic mass is 16.2. The number of nitrogens with one attached hydrogen (secondary N) is 7. The van der Waals surface area contributed by atoms with Crippen molar-refractivity contribution < 1.29 is 14.4 Å². The van der Waals surface area contributed by atoms with E-state index in [9.17, 15) is 14.4 Å². The molecule has 1 aliphatic heterocycles. The quantitative estimate of drug-likeness (QED) is 0.130. The van der Waals surface area contributed by atoms with Crippen LogP contribution in [-0.4, -0.2) is 77.8 Å². The molecule has 1 unspecified atom stereocenters. The third-order valence-corrected chi connectivity index (χ3v) is 6.72. The first-order valence-corrected chi connectivity index (χ1v) is 14.3. The van der Waals surface area contributed by atoms with Crippen LogP contribution in [0.2, 0.25) is 0 Å². The highest BCUT2D eigenvalue weighted by Crippen LogP contribution is 2.16. The number of carbonyl (C=O) groups excluding carboxylic acids is 3. The SMILES string of the molecule is CN=C(NC)C1C=CC=C(CNC(=O)NC2=CC=C(C(=O)NC)CC(NC)=C2)C=C1.O=CNc1cccc(C2=NCCN2)c1. The Morgan fingerprint density at radius 3 is 2.64 bits per heavy atom. The third-order valence-electron chi connectivity index (χ3n) is 6.72. The van der Waals surface area contributed by atoms with E-state index in [2.05, 4.69) is 47.2 Å². The van der Waals surface area contributed by atoms with Gasteiger partial charge in [-0.05, 0) is 29.9 Å². The lowest BCUT2D eigenvalue weighted by atomic mass is 10.1. The number of allylic oxidation sites excluding steroid dienone is 6. The number of rotatable bonds is 9. The molecule has 4 rings (SSSR count). The van der Waals surface area contributed by atoms with Crippen LogP contribution in [0.4, 0.5) is 10.5 Å². The monoisotopic (exact) mass is 599 g/mol. The van der Waals surface area contributed by atoms with Crippen molar-refractivity contribution in [3.8, 4) is 0 Å². The van der Waals surface area contributed by atoms with Crippen LogP contribution in [0.3, 0.4) is 0 Å². The van der Waals surface area contributed by atoms with Crippen LogP contribution >= 0.6 is 0 Å². The molecule has 0 saturated heterocycles. The summed E-state index contributed by atoms with van der Waals surface area (Å²) < 4.78 is 0. The zero-order valence-corrected chi connectivity index (χ0v) is 25.5. The van der Waals surface area contributed by atoms with Crippen LogP contribution < -0.4 is 37.2 Å². The third kappa shape index (κ3) is 10.2. The molecule has 0 radical (unpaired) electrons. The van der Waals surface area contributed by atoms with Crippen LogP contribution in [0, 0.1) is 5.92 Å². The summed E-state index contributed by atoms with van der Waals surface area (Å²) in [5.74, 6) is 1.70. The molecular formula is C32H41N9O3. The average molecular weight is 600 g/mol. The van der Waals surface area contributed by atoms with E-state index in [-0.39, 0.29) is 17.9 Å². The summed E-state index contributed by atoms with van der Waals surface area (Å²) in [6.07, 6.45) is 16.4. The molecule has 0 fully saturated rings. The summed E-state index contributed by atoms with van der Waals surface area (Å²) in [6, 6.07) is 7.27. The average Bonchev–Trinajstić information content (AvgIpc) is 3.38. The Bertz CT molecular complexity index is 1450. The molecule has 0 saturated carbocycles. The van der Waals surface area contributed by atoms with Gasteiger partial charge in [-0.1, -0.05) is 48.6 Å².